The summed E-state index contributed by atoms with van der Waals surface area (Å²) in [6.45, 7) is 2.42. The van der Waals surface area contributed by atoms with Gasteiger partial charge in [0.1, 0.15) is 11.6 Å². The summed E-state index contributed by atoms with van der Waals surface area (Å²) in [4.78, 5) is 14.6. The van der Waals surface area contributed by atoms with E-state index in [-0.39, 0.29) is 24.0 Å². The normalized spacial score (nSPS) is 18.2. The molecule has 1 heterocycles. The molecule has 0 radical (unpaired) electrons. The zero-order valence-electron chi connectivity index (χ0n) is 15.1. The lowest BCUT2D eigenvalue weighted by atomic mass is 10.1. The van der Waals surface area contributed by atoms with Crippen LogP contribution in [0.3, 0.4) is 0 Å². The average Bonchev–Trinajstić information content (AvgIpc) is 3.01. The van der Waals surface area contributed by atoms with Crippen LogP contribution in [0.15, 0.2) is 48.5 Å². The zero-order valence-corrected chi connectivity index (χ0v) is 15.9. The highest BCUT2D eigenvalue weighted by Crippen LogP contribution is 2.24. The molecular weight excluding hydrogens is 369 g/mol. The highest BCUT2D eigenvalue weighted by molar-refractivity contribution is 7.91. The summed E-state index contributed by atoms with van der Waals surface area (Å²) >= 11 is 0. The monoisotopic (exact) mass is 391 g/mol. The van der Waals surface area contributed by atoms with Crippen LogP contribution >= 0.6 is 0 Å². The van der Waals surface area contributed by atoms with E-state index in [9.17, 15) is 17.6 Å². The van der Waals surface area contributed by atoms with E-state index in [1.165, 1.54) is 11.0 Å². The Kier molecular flexibility index (Phi) is 5.79. The molecule has 27 heavy (non-hydrogen) atoms. The van der Waals surface area contributed by atoms with Gasteiger partial charge in [-0.25, -0.2) is 12.8 Å². The van der Waals surface area contributed by atoms with E-state index < -0.39 is 21.7 Å². The molecule has 1 aliphatic rings. The second-order valence-electron chi connectivity index (χ2n) is 6.54. The Labute approximate surface area is 158 Å². The van der Waals surface area contributed by atoms with Crippen LogP contribution in [0.4, 0.5) is 4.39 Å². The molecule has 0 spiro atoms. The smallest absolute Gasteiger partial charge is 0.254 e. The molecule has 0 bridgehead atoms. The van der Waals surface area contributed by atoms with E-state index in [2.05, 4.69) is 0 Å². The van der Waals surface area contributed by atoms with Crippen molar-refractivity contribution in [2.45, 2.75) is 25.9 Å². The lowest BCUT2D eigenvalue weighted by Crippen LogP contribution is -2.40. The number of halogens is 1. The van der Waals surface area contributed by atoms with Gasteiger partial charge in [0.25, 0.3) is 5.91 Å². The number of rotatable bonds is 6. The highest BCUT2D eigenvalue weighted by atomic mass is 32.2. The number of ether oxygens (including phenoxy) is 1. The molecule has 0 saturated carbocycles. The van der Waals surface area contributed by atoms with Crippen molar-refractivity contribution in [1.29, 1.82) is 0 Å². The van der Waals surface area contributed by atoms with Crippen LogP contribution in [0.25, 0.3) is 0 Å². The topological polar surface area (TPSA) is 63.7 Å². The second kappa shape index (κ2) is 8.08. The maximum atomic E-state index is 14.1. The van der Waals surface area contributed by atoms with Crippen LogP contribution in [0.1, 0.15) is 29.3 Å². The lowest BCUT2D eigenvalue weighted by molar-refractivity contribution is 0.0679. The third-order valence-corrected chi connectivity index (χ3v) is 6.37. The van der Waals surface area contributed by atoms with E-state index in [4.69, 9.17) is 4.74 Å². The third-order valence-electron chi connectivity index (χ3n) is 4.62. The molecule has 1 unspecified atom stereocenters. The number of nitrogens with zero attached hydrogens (tertiary/aromatic N) is 1. The number of hydrogen-bond acceptors (Lipinski definition) is 4. The maximum absolute atomic E-state index is 14.1. The van der Waals surface area contributed by atoms with E-state index in [0.717, 1.165) is 0 Å². The summed E-state index contributed by atoms with van der Waals surface area (Å²) in [7, 11) is -3.18. The van der Waals surface area contributed by atoms with Gasteiger partial charge in [-0.05, 0) is 43.7 Å². The van der Waals surface area contributed by atoms with Gasteiger partial charge in [0.05, 0.1) is 18.1 Å². The van der Waals surface area contributed by atoms with Gasteiger partial charge in [-0.1, -0.05) is 18.2 Å². The molecule has 7 heteroatoms. The van der Waals surface area contributed by atoms with E-state index in [0.29, 0.717) is 29.9 Å². The molecule has 1 amide bonds. The lowest BCUT2D eigenvalue weighted by Gasteiger charge is -2.28. The Bertz CT molecular complexity index is 912. The molecule has 1 saturated heterocycles. The first-order valence-corrected chi connectivity index (χ1v) is 10.7. The van der Waals surface area contributed by atoms with Crippen LogP contribution in [-0.2, 0) is 16.4 Å². The molecule has 1 aliphatic heterocycles. The fourth-order valence-electron chi connectivity index (χ4n) is 3.22. The highest BCUT2D eigenvalue weighted by Gasteiger charge is 2.35. The fraction of sp³-hybridized carbons (Fsp3) is 0.350. The van der Waals surface area contributed by atoms with Gasteiger partial charge in [0.2, 0.25) is 0 Å². The van der Waals surface area contributed by atoms with Gasteiger partial charge < -0.3 is 9.64 Å². The first-order chi connectivity index (χ1) is 12.9. The molecule has 2 aromatic rings. The maximum Gasteiger partial charge on any atom is 0.254 e. The van der Waals surface area contributed by atoms with Crippen LogP contribution < -0.4 is 4.74 Å². The summed E-state index contributed by atoms with van der Waals surface area (Å²) < 4.78 is 43.3. The first kappa shape index (κ1) is 19.4. The molecule has 2 aromatic carbocycles. The summed E-state index contributed by atoms with van der Waals surface area (Å²) in [5.74, 6) is -0.129. The van der Waals surface area contributed by atoms with Crippen molar-refractivity contribution in [2.75, 3.05) is 18.1 Å². The Morgan fingerprint density at radius 1 is 1.19 bits per heavy atom. The predicted molar refractivity (Wildman–Crippen MR) is 101 cm³/mol. The molecule has 0 aromatic heterocycles. The minimum atomic E-state index is -3.18. The van der Waals surface area contributed by atoms with Crippen molar-refractivity contribution < 1.29 is 22.3 Å². The number of hydrogen-bond donors (Lipinski definition) is 0. The summed E-state index contributed by atoms with van der Waals surface area (Å²) in [6, 6.07) is 12.4. The van der Waals surface area contributed by atoms with Crippen LogP contribution in [-0.4, -0.2) is 43.4 Å². The van der Waals surface area contributed by atoms with Gasteiger partial charge in [-0.3, -0.25) is 4.79 Å². The minimum absolute atomic E-state index is 0.0267. The van der Waals surface area contributed by atoms with Gasteiger partial charge in [-0.2, -0.15) is 0 Å². The van der Waals surface area contributed by atoms with E-state index in [1.54, 1.807) is 42.5 Å². The standard InChI is InChI=1S/C20H22FNO4S/c1-2-26-18-9-7-15(8-10-18)20(23)22(17-11-12-27(24,25)14-17)13-16-5-3-4-6-19(16)21/h3-10,17H,2,11-14H2,1H3. The van der Waals surface area contributed by atoms with Crippen LogP contribution in [0.5, 0.6) is 5.75 Å². The summed E-state index contributed by atoms with van der Waals surface area (Å²) in [5, 5.41) is 0. The Morgan fingerprint density at radius 2 is 1.89 bits per heavy atom. The molecule has 0 aliphatic carbocycles. The predicted octanol–water partition coefficient (Wildman–Crippen LogP) is 3.05. The van der Waals surface area contributed by atoms with Gasteiger partial charge in [0.15, 0.2) is 9.84 Å². The van der Waals surface area contributed by atoms with Gasteiger partial charge in [0, 0.05) is 23.7 Å². The number of amides is 1. The van der Waals surface area contributed by atoms with Crippen molar-refractivity contribution in [3.8, 4) is 5.75 Å². The van der Waals surface area contributed by atoms with Crippen molar-refractivity contribution in [1.82, 2.24) is 4.90 Å². The SMILES string of the molecule is CCOc1ccc(C(=O)N(Cc2ccccc2F)C2CCS(=O)(=O)C2)cc1. The molecule has 3 rings (SSSR count). The number of carbonyl (C=O) groups excluding carboxylic acids is 1. The van der Waals surface area contributed by atoms with Crippen molar-refractivity contribution in [3.63, 3.8) is 0 Å². The van der Waals surface area contributed by atoms with Crippen molar-refractivity contribution in [2.24, 2.45) is 0 Å². The van der Waals surface area contributed by atoms with Gasteiger partial charge >= 0.3 is 0 Å². The Hall–Kier alpha value is -2.41. The molecular formula is C20H22FNO4S. The Balaban J connectivity index is 1.88. The number of benzene rings is 2. The summed E-state index contributed by atoms with van der Waals surface area (Å²) in [5.41, 5.74) is 0.778. The fourth-order valence-corrected chi connectivity index (χ4v) is 4.96. The van der Waals surface area contributed by atoms with Crippen LogP contribution in [0.2, 0.25) is 0 Å². The molecule has 1 atom stereocenters. The van der Waals surface area contributed by atoms with E-state index >= 15 is 0 Å². The largest absolute Gasteiger partial charge is 0.494 e. The van der Waals surface area contributed by atoms with Gasteiger partial charge in [-0.15, -0.1) is 0 Å². The van der Waals surface area contributed by atoms with Crippen LogP contribution in [0, 0.1) is 5.82 Å². The minimum Gasteiger partial charge on any atom is -0.494 e. The molecule has 0 N–H and O–H groups in total. The Morgan fingerprint density at radius 3 is 2.48 bits per heavy atom. The quantitative estimate of drug-likeness (QED) is 0.759. The molecule has 5 nitrogen and oxygen atoms in total. The molecule has 144 valence electrons. The summed E-state index contributed by atoms with van der Waals surface area (Å²) in [6.07, 6.45) is 0.361. The van der Waals surface area contributed by atoms with E-state index in [1.807, 2.05) is 6.92 Å². The molecule has 1 fully saturated rings. The third kappa shape index (κ3) is 4.66. The number of carbonyl (C=O) groups is 1. The van der Waals surface area contributed by atoms with Crippen molar-refractivity contribution >= 4 is 15.7 Å². The van der Waals surface area contributed by atoms with Crippen molar-refractivity contribution in [3.05, 3.63) is 65.5 Å². The second-order valence-corrected chi connectivity index (χ2v) is 8.77. The number of sulfone groups is 1. The first-order valence-electron chi connectivity index (χ1n) is 8.87. The average molecular weight is 391 g/mol. The zero-order chi connectivity index (χ0) is 19.4.